The van der Waals surface area contributed by atoms with E-state index in [1.54, 1.807) is 12.1 Å². The molecule has 2 aromatic carbocycles. The minimum atomic E-state index is -0.295. The van der Waals surface area contributed by atoms with Gasteiger partial charge in [0.25, 0.3) is 0 Å². The van der Waals surface area contributed by atoms with Crippen LogP contribution < -0.4 is 0 Å². The zero-order valence-electron chi connectivity index (χ0n) is 13.5. The number of fused-ring (bicyclic) bond motifs is 1. The lowest BCUT2D eigenvalue weighted by Crippen LogP contribution is -2.16. The van der Waals surface area contributed by atoms with E-state index in [1.807, 2.05) is 13.0 Å². The van der Waals surface area contributed by atoms with Crippen LogP contribution in [0.25, 0.3) is 11.1 Å². The number of benzene rings is 2. The lowest BCUT2D eigenvalue weighted by atomic mass is 9.80. The molecule has 0 nitrogen and oxygen atoms in total. The quantitative estimate of drug-likeness (QED) is 0.599. The first kappa shape index (κ1) is 15.9. The third kappa shape index (κ3) is 3.52. The highest BCUT2D eigenvalue weighted by Gasteiger charge is 2.22. The molecule has 0 radical (unpaired) electrons. The van der Waals surface area contributed by atoms with E-state index in [0.717, 1.165) is 42.4 Å². The van der Waals surface area contributed by atoms with Crippen LogP contribution in [0, 0.1) is 17.6 Å². The van der Waals surface area contributed by atoms with E-state index in [1.165, 1.54) is 18.6 Å². The molecule has 1 unspecified atom stereocenters. The summed E-state index contributed by atoms with van der Waals surface area (Å²) in [5, 5.41) is 0. The van der Waals surface area contributed by atoms with Crippen molar-refractivity contribution in [1.29, 1.82) is 0 Å². The minimum Gasteiger partial charge on any atom is -0.207 e. The normalized spacial score (nSPS) is 17.4. The van der Waals surface area contributed by atoms with Gasteiger partial charge in [-0.25, -0.2) is 8.78 Å². The third-order valence-electron chi connectivity index (χ3n) is 4.78. The van der Waals surface area contributed by atoms with Gasteiger partial charge in [0.15, 0.2) is 0 Å². The maximum Gasteiger partial charge on any atom is 0.134 e. The molecule has 1 aliphatic carbocycles. The fourth-order valence-electron chi connectivity index (χ4n) is 3.48. The Labute approximate surface area is 136 Å². The molecule has 1 aliphatic rings. The van der Waals surface area contributed by atoms with E-state index in [-0.39, 0.29) is 11.6 Å². The number of hydrogen-bond acceptors (Lipinski definition) is 0. The Kier molecular flexibility index (Phi) is 4.90. The average Bonchev–Trinajstić information content (AvgIpc) is 2.56. The second kappa shape index (κ2) is 7.08. The van der Waals surface area contributed by atoms with Gasteiger partial charge in [0.2, 0.25) is 0 Å². The summed E-state index contributed by atoms with van der Waals surface area (Å²) in [5.74, 6) is 0.229. The molecule has 2 heteroatoms. The number of hydrogen-bond donors (Lipinski definition) is 0. The van der Waals surface area contributed by atoms with Crippen LogP contribution in [-0.2, 0) is 12.8 Å². The topological polar surface area (TPSA) is 0 Å². The SMILES string of the molecule is C/C=C/CCC1CCc2c(ccc(-c3ccc(F)cc3)c2F)C1. The van der Waals surface area contributed by atoms with Crippen LogP contribution in [0.1, 0.15) is 37.3 Å². The summed E-state index contributed by atoms with van der Waals surface area (Å²) in [7, 11) is 0. The molecule has 0 saturated carbocycles. The molecule has 0 N–H and O–H groups in total. The second-order valence-electron chi connectivity index (χ2n) is 6.33. The van der Waals surface area contributed by atoms with Gasteiger partial charge in [0.1, 0.15) is 11.6 Å². The van der Waals surface area contributed by atoms with Gasteiger partial charge in [-0.3, -0.25) is 0 Å². The van der Waals surface area contributed by atoms with Gasteiger partial charge in [-0.2, -0.15) is 0 Å². The van der Waals surface area contributed by atoms with Gasteiger partial charge in [-0.05, 0) is 73.8 Å². The molecule has 3 rings (SSSR count). The third-order valence-corrected chi connectivity index (χ3v) is 4.78. The van der Waals surface area contributed by atoms with Crippen molar-refractivity contribution in [2.75, 3.05) is 0 Å². The first-order chi connectivity index (χ1) is 11.2. The van der Waals surface area contributed by atoms with Crippen molar-refractivity contribution >= 4 is 0 Å². The Morgan fingerprint density at radius 1 is 1.09 bits per heavy atom. The number of allylic oxidation sites excluding steroid dienone is 2. The van der Waals surface area contributed by atoms with Gasteiger partial charge >= 0.3 is 0 Å². The number of rotatable bonds is 4. The smallest absolute Gasteiger partial charge is 0.134 e. The summed E-state index contributed by atoms with van der Waals surface area (Å²) in [6, 6.07) is 9.94. The predicted molar refractivity (Wildman–Crippen MR) is 91.4 cm³/mol. The predicted octanol–water partition coefficient (Wildman–Crippen LogP) is 6.09. The Hall–Kier alpha value is -1.96. The Morgan fingerprint density at radius 2 is 1.87 bits per heavy atom. The molecular formula is C21H22F2. The summed E-state index contributed by atoms with van der Waals surface area (Å²) < 4.78 is 27.9. The lowest BCUT2D eigenvalue weighted by Gasteiger charge is -2.25. The average molecular weight is 312 g/mol. The summed E-state index contributed by atoms with van der Waals surface area (Å²) in [6.45, 7) is 2.04. The van der Waals surface area contributed by atoms with E-state index in [9.17, 15) is 8.78 Å². The van der Waals surface area contributed by atoms with Crippen LogP contribution in [0.4, 0.5) is 8.78 Å². The van der Waals surface area contributed by atoms with Crippen molar-refractivity contribution in [2.24, 2.45) is 5.92 Å². The largest absolute Gasteiger partial charge is 0.207 e. The van der Waals surface area contributed by atoms with Gasteiger partial charge < -0.3 is 0 Å². The van der Waals surface area contributed by atoms with Crippen molar-refractivity contribution in [1.82, 2.24) is 0 Å². The van der Waals surface area contributed by atoms with Crippen LogP contribution in [0.5, 0.6) is 0 Å². The Balaban J connectivity index is 1.82. The van der Waals surface area contributed by atoms with Crippen molar-refractivity contribution < 1.29 is 8.78 Å². The molecule has 23 heavy (non-hydrogen) atoms. The second-order valence-corrected chi connectivity index (χ2v) is 6.33. The van der Waals surface area contributed by atoms with E-state index in [4.69, 9.17) is 0 Å². The minimum absolute atomic E-state index is 0.124. The molecular weight excluding hydrogens is 290 g/mol. The molecule has 0 saturated heterocycles. The maximum absolute atomic E-state index is 14.9. The summed E-state index contributed by atoms with van der Waals surface area (Å²) in [4.78, 5) is 0. The zero-order valence-corrected chi connectivity index (χ0v) is 13.5. The van der Waals surface area contributed by atoms with Gasteiger partial charge in [-0.1, -0.05) is 36.4 Å². The molecule has 0 amide bonds. The molecule has 0 aliphatic heterocycles. The molecule has 2 aromatic rings. The molecule has 0 aromatic heterocycles. The van der Waals surface area contributed by atoms with E-state index < -0.39 is 0 Å². The van der Waals surface area contributed by atoms with Crippen LogP contribution in [0.3, 0.4) is 0 Å². The van der Waals surface area contributed by atoms with Crippen LogP contribution in [0.15, 0.2) is 48.6 Å². The van der Waals surface area contributed by atoms with Crippen LogP contribution in [-0.4, -0.2) is 0 Å². The monoisotopic (exact) mass is 312 g/mol. The van der Waals surface area contributed by atoms with Crippen molar-refractivity contribution in [3.05, 3.63) is 71.3 Å². The van der Waals surface area contributed by atoms with E-state index in [0.29, 0.717) is 11.5 Å². The van der Waals surface area contributed by atoms with E-state index >= 15 is 0 Å². The molecule has 0 bridgehead atoms. The fourth-order valence-corrected chi connectivity index (χ4v) is 3.48. The number of halogens is 2. The molecule has 0 fully saturated rings. The molecule has 0 heterocycles. The first-order valence-electron chi connectivity index (χ1n) is 8.36. The fraction of sp³-hybridized carbons (Fsp3) is 0.333. The highest BCUT2D eigenvalue weighted by atomic mass is 19.1. The highest BCUT2D eigenvalue weighted by molar-refractivity contribution is 5.66. The zero-order chi connectivity index (χ0) is 16.2. The molecule has 1 atom stereocenters. The highest BCUT2D eigenvalue weighted by Crippen LogP contribution is 2.34. The Bertz CT molecular complexity index is 699. The van der Waals surface area contributed by atoms with E-state index in [2.05, 4.69) is 18.2 Å². The van der Waals surface area contributed by atoms with Gasteiger partial charge in [0, 0.05) is 5.56 Å². The van der Waals surface area contributed by atoms with Crippen molar-refractivity contribution in [3.8, 4) is 11.1 Å². The summed E-state index contributed by atoms with van der Waals surface area (Å²) in [6.07, 6.45) is 9.38. The lowest BCUT2D eigenvalue weighted by molar-refractivity contribution is 0.422. The van der Waals surface area contributed by atoms with Crippen LogP contribution in [0.2, 0.25) is 0 Å². The van der Waals surface area contributed by atoms with Gasteiger partial charge in [-0.15, -0.1) is 0 Å². The summed E-state index contributed by atoms with van der Waals surface area (Å²) >= 11 is 0. The molecule has 0 spiro atoms. The van der Waals surface area contributed by atoms with Crippen LogP contribution >= 0.6 is 0 Å². The first-order valence-corrected chi connectivity index (χ1v) is 8.36. The maximum atomic E-state index is 14.9. The van der Waals surface area contributed by atoms with Crippen molar-refractivity contribution in [2.45, 2.75) is 39.0 Å². The van der Waals surface area contributed by atoms with Crippen molar-refractivity contribution in [3.63, 3.8) is 0 Å². The Morgan fingerprint density at radius 3 is 2.61 bits per heavy atom. The summed E-state index contributed by atoms with van der Waals surface area (Å²) in [5.41, 5.74) is 3.32. The van der Waals surface area contributed by atoms with Gasteiger partial charge in [0.05, 0.1) is 0 Å². The standard InChI is InChI=1S/C21H22F2/c1-2-3-4-5-15-6-12-20-17(14-15)9-13-19(21(20)23)16-7-10-18(22)11-8-16/h2-3,7-11,13,15H,4-6,12,14H2,1H3/b3-2+. The molecule has 120 valence electrons.